The van der Waals surface area contributed by atoms with Gasteiger partial charge in [-0.15, -0.1) is 0 Å². The second-order valence-electron chi connectivity index (χ2n) is 7.54. The highest BCUT2D eigenvalue weighted by Crippen LogP contribution is 2.29. The molecule has 0 aliphatic carbocycles. The van der Waals surface area contributed by atoms with Crippen LogP contribution in [0.2, 0.25) is 0 Å². The van der Waals surface area contributed by atoms with Gasteiger partial charge in [-0.3, -0.25) is 4.98 Å². The van der Waals surface area contributed by atoms with Crippen LogP contribution in [0.3, 0.4) is 0 Å². The fourth-order valence-corrected chi connectivity index (χ4v) is 3.70. The molecule has 0 aliphatic rings. The standard InChI is InChI=1S/C24H29NO2/c1-16-11-17(2)22(9-10-27-19(4)13-18(3)26)23(12-16)24-14-20-7-5-6-8-21(20)15-25-24/h5-8,11-12,14-15,18-19,26H,9-10,13H2,1-4H3. The third kappa shape index (κ3) is 4.94. The lowest BCUT2D eigenvalue weighted by Crippen LogP contribution is -2.17. The molecule has 1 aromatic heterocycles. The van der Waals surface area contributed by atoms with Gasteiger partial charge >= 0.3 is 0 Å². The van der Waals surface area contributed by atoms with E-state index in [1.165, 1.54) is 27.6 Å². The van der Waals surface area contributed by atoms with Gasteiger partial charge in [0.15, 0.2) is 0 Å². The molecule has 3 aromatic rings. The quantitative estimate of drug-likeness (QED) is 0.624. The maximum atomic E-state index is 9.50. The molecular weight excluding hydrogens is 334 g/mol. The summed E-state index contributed by atoms with van der Waals surface area (Å²) < 4.78 is 5.92. The Balaban J connectivity index is 1.88. The van der Waals surface area contributed by atoms with Crippen molar-refractivity contribution in [3.63, 3.8) is 0 Å². The first-order valence-corrected chi connectivity index (χ1v) is 9.69. The number of hydrogen-bond donors (Lipinski definition) is 1. The maximum absolute atomic E-state index is 9.50. The Kier molecular flexibility index (Phi) is 6.25. The minimum absolute atomic E-state index is 0.0537. The molecule has 3 rings (SSSR count). The van der Waals surface area contributed by atoms with E-state index in [0.29, 0.717) is 13.0 Å². The predicted octanol–water partition coefficient (Wildman–Crippen LogP) is 5.24. The lowest BCUT2D eigenvalue weighted by Gasteiger charge is -2.17. The van der Waals surface area contributed by atoms with Crippen LogP contribution in [0.1, 0.15) is 37.0 Å². The Labute approximate surface area is 162 Å². The number of ether oxygens (including phenoxy) is 1. The molecule has 3 heteroatoms. The van der Waals surface area contributed by atoms with E-state index >= 15 is 0 Å². The van der Waals surface area contributed by atoms with Gasteiger partial charge in [-0.05, 0) is 69.2 Å². The summed E-state index contributed by atoms with van der Waals surface area (Å²) in [6.07, 6.45) is 3.16. The summed E-state index contributed by atoms with van der Waals surface area (Å²) in [5.74, 6) is 0. The number of aliphatic hydroxyl groups is 1. The smallest absolute Gasteiger partial charge is 0.0711 e. The van der Waals surface area contributed by atoms with Crippen molar-refractivity contribution in [1.82, 2.24) is 4.98 Å². The second kappa shape index (κ2) is 8.64. The normalized spacial score (nSPS) is 13.7. The van der Waals surface area contributed by atoms with Crippen molar-refractivity contribution in [3.05, 3.63) is 65.4 Å². The van der Waals surface area contributed by atoms with Crippen molar-refractivity contribution in [3.8, 4) is 11.3 Å². The first-order chi connectivity index (χ1) is 12.9. The molecule has 0 bridgehead atoms. The fraction of sp³-hybridized carbons (Fsp3) is 0.375. The predicted molar refractivity (Wildman–Crippen MR) is 112 cm³/mol. The molecule has 1 N–H and O–H groups in total. The third-order valence-corrected chi connectivity index (χ3v) is 4.95. The summed E-state index contributed by atoms with van der Waals surface area (Å²) in [5, 5.41) is 11.9. The number of pyridine rings is 1. The molecule has 0 fully saturated rings. The Morgan fingerprint density at radius 1 is 1.04 bits per heavy atom. The third-order valence-electron chi connectivity index (χ3n) is 4.95. The van der Waals surface area contributed by atoms with Gasteiger partial charge in [-0.2, -0.15) is 0 Å². The van der Waals surface area contributed by atoms with Crippen LogP contribution in [-0.4, -0.2) is 28.9 Å². The molecule has 0 saturated carbocycles. The van der Waals surface area contributed by atoms with E-state index in [9.17, 15) is 5.11 Å². The molecule has 2 aromatic carbocycles. The highest BCUT2D eigenvalue weighted by Gasteiger charge is 2.13. The molecule has 1 heterocycles. The topological polar surface area (TPSA) is 42.4 Å². The largest absolute Gasteiger partial charge is 0.393 e. The van der Waals surface area contributed by atoms with Crippen LogP contribution in [0.25, 0.3) is 22.0 Å². The van der Waals surface area contributed by atoms with E-state index in [4.69, 9.17) is 9.72 Å². The van der Waals surface area contributed by atoms with Crippen LogP contribution in [0, 0.1) is 13.8 Å². The Morgan fingerprint density at radius 3 is 2.52 bits per heavy atom. The van der Waals surface area contributed by atoms with E-state index < -0.39 is 0 Å². The first kappa shape index (κ1) is 19.5. The van der Waals surface area contributed by atoms with E-state index in [0.717, 1.165) is 17.5 Å². The molecule has 2 unspecified atom stereocenters. The Hall–Kier alpha value is -2.23. The van der Waals surface area contributed by atoms with Gasteiger partial charge in [0, 0.05) is 17.1 Å². The summed E-state index contributed by atoms with van der Waals surface area (Å²) in [7, 11) is 0. The highest BCUT2D eigenvalue weighted by atomic mass is 16.5. The number of rotatable bonds is 7. The zero-order valence-electron chi connectivity index (χ0n) is 16.7. The molecule has 0 radical (unpaired) electrons. The minimum atomic E-state index is -0.335. The number of benzene rings is 2. The van der Waals surface area contributed by atoms with Crippen LogP contribution in [0.4, 0.5) is 0 Å². The van der Waals surface area contributed by atoms with Crippen molar-refractivity contribution in [1.29, 1.82) is 0 Å². The average molecular weight is 364 g/mol. The van der Waals surface area contributed by atoms with Gasteiger partial charge in [-0.1, -0.05) is 35.9 Å². The van der Waals surface area contributed by atoms with Crippen molar-refractivity contribution < 1.29 is 9.84 Å². The SMILES string of the molecule is Cc1cc(C)c(CCOC(C)CC(C)O)c(-c2cc3ccccc3cn2)c1. The van der Waals surface area contributed by atoms with E-state index in [-0.39, 0.29) is 12.2 Å². The summed E-state index contributed by atoms with van der Waals surface area (Å²) in [6, 6.07) is 14.9. The van der Waals surface area contributed by atoms with Gasteiger partial charge < -0.3 is 9.84 Å². The number of aliphatic hydroxyl groups excluding tert-OH is 1. The number of aryl methyl sites for hydroxylation is 2. The number of aromatic nitrogens is 1. The van der Waals surface area contributed by atoms with Crippen LogP contribution in [0.15, 0.2) is 48.7 Å². The summed E-state index contributed by atoms with van der Waals surface area (Å²) in [6.45, 7) is 8.74. The number of fused-ring (bicyclic) bond motifs is 1. The molecule has 27 heavy (non-hydrogen) atoms. The zero-order valence-corrected chi connectivity index (χ0v) is 16.7. The monoisotopic (exact) mass is 363 g/mol. The Morgan fingerprint density at radius 2 is 1.78 bits per heavy atom. The maximum Gasteiger partial charge on any atom is 0.0711 e. The van der Waals surface area contributed by atoms with Crippen molar-refractivity contribution >= 4 is 10.8 Å². The van der Waals surface area contributed by atoms with Crippen molar-refractivity contribution in [2.45, 2.75) is 52.7 Å². The molecule has 2 atom stereocenters. The molecular formula is C24H29NO2. The lowest BCUT2D eigenvalue weighted by atomic mass is 9.94. The van der Waals surface area contributed by atoms with Crippen molar-refractivity contribution in [2.75, 3.05) is 6.61 Å². The van der Waals surface area contributed by atoms with E-state index in [1.54, 1.807) is 6.92 Å². The van der Waals surface area contributed by atoms with Crippen molar-refractivity contribution in [2.24, 2.45) is 0 Å². The first-order valence-electron chi connectivity index (χ1n) is 9.69. The average Bonchev–Trinajstić information content (AvgIpc) is 2.62. The second-order valence-corrected chi connectivity index (χ2v) is 7.54. The summed E-state index contributed by atoms with van der Waals surface area (Å²) in [5.41, 5.74) is 5.99. The van der Waals surface area contributed by atoms with Gasteiger partial charge in [-0.25, -0.2) is 0 Å². The molecule has 0 saturated heterocycles. The molecule has 3 nitrogen and oxygen atoms in total. The summed E-state index contributed by atoms with van der Waals surface area (Å²) >= 11 is 0. The highest BCUT2D eigenvalue weighted by molar-refractivity contribution is 5.85. The van der Waals surface area contributed by atoms with E-state index in [1.807, 2.05) is 19.2 Å². The van der Waals surface area contributed by atoms with Gasteiger partial charge in [0.2, 0.25) is 0 Å². The number of hydrogen-bond acceptors (Lipinski definition) is 3. The van der Waals surface area contributed by atoms with Gasteiger partial charge in [0.05, 0.1) is 24.5 Å². The summed E-state index contributed by atoms with van der Waals surface area (Å²) in [4.78, 5) is 4.73. The van der Waals surface area contributed by atoms with Gasteiger partial charge in [0.1, 0.15) is 0 Å². The molecule has 142 valence electrons. The molecule has 0 amide bonds. The van der Waals surface area contributed by atoms with Gasteiger partial charge in [0.25, 0.3) is 0 Å². The fourth-order valence-electron chi connectivity index (χ4n) is 3.70. The van der Waals surface area contributed by atoms with E-state index in [2.05, 4.69) is 50.2 Å². The molecule has 0 spiro atoms. The van der Waals surface area contributed by atoms with Crippen LogP contribution < -0.4 is 0 Å². The number of nitrogens with zero attached hydrogens (tertiary/aromatic N) is 1. The van der Waals surface area contributed by atoms with Crippen LogP contribution >= 0.6 is 0 Å². The Bertz CT molecular complexity index is 917. The molecule has 0 aliphatic heterocycles. The minimum Gasteiger partial charge on any atom is -0.393 e. The van der Waals surface area contributed by atoms with Crippen LogP contribution in [0.5, 0.6) is 0 Å². The van der Waals surface area contributed by atoms with Crippen LogP contribution in [-0.2, 0) is 11.2 Å². The zero-order chi connectivity index (χ0) is 19.4. The lowest BCUT2D eigenvalue weighted by molar-refractivity contribution is 0.0308.